The van der Waals surface area contributed by atoms with Crippen molar-refractivity contribution in [2.75, 3.05) is 23.3 Å². The number of aromatic nitrogens is 1. The van der Waals surface area contributed by atoms with Crippen LogP contribution < -0.4 is 25.1 Å². The van der Waals surface area contributed by atoms with E-state index in [9.17, 15) is 9.59 Å². The van der Waals surface area contributed by atoms with Gasteiger partial charge in [-0.25, -0.2) is 4.99 Å². The zero-order valence-electron chi connectivity index (χ0n) is 24.5. The summed E-state index contributed by atoms with van der Waals surface area (Å²) in [4.78, 5) is 35.4. The fourth-order valence-electron chi connectivity index (χ4n) is 5.66. The van der Waals surface area contributed by atoms with Gasteiger partial charge in [0.05, 0.1) is 21.8 Å². The van der Waals surface area contributed by atoms with Crippen molar-refractivity contribution in [3.05, 3.63) is 115 Å². The molecular formula is C34H36N4O3S. The zero-order chi connectivity index (χ0) is 29.4. The summed E-state index contributed by atoms with van der Waals surface area (Å²) in [6.07, 6.45) is 4.08. The summed E-state index contributed by atoms with van der Waals surface area (Å²) in [6.45, 7) is 10.4. The Kier molecular flexibility index (Phi) is 7.73. The fraction of sp³-hybridized carbons (Fsp3) is 0.324. The van der Waals surface area contributed by atoms with Crippen molar-refractivity contribution in [3.63, 3.8) is 0 Å². The van der Waals surface area contributed by atoms with E-state index < -0.39 is 6.04 Å². The standard InChI is InChI=1S/C34H36N4O3S/c1-21(2)24-10-12-25(13-11-24)31-30(32(39)36-26-8-6-5-7-9-26)23(4)35-34-38(31)33(40)28(42-34)20-27-14-15-29(41-27)37-18-16-22(3)17-19-37/h5-15,20-22,31H,16-19H2,1-4H3,(H,36,39)/b28-20+/t31-/m0/s1. The number of anilines is 2. The smallest absolute Gasteiger partial charge is 0.271 e. The minimum atomic E-state index is -0.615. The van der Waals surface area contributed by atoms with Crippen LogP contribution in [0.3, 0.4) is 0 Å². The van der Waals surface area contributed by atoms with Gasteiger partial charge >= 0.3 is 0 Å². The van der Waals surface area contributed by atoms with Gasteiger partial charge in [-0.3, -0.25) is 14.2 Å². The van der Waals surface area contributed by atoms with E-state index in [-0.39, 0.29) is 11.5 Å². The first-order chi connectivity index (χ1) is 20.3. The highest BCUT2D eigenvalue weighted by molar-refractivity contribution is 7.07. The Morgan fingerprint density at radius 1 is 1.05 bits per heavy atom. The molecule has 4 heterocycles. The maximum atomic E-state index is 14.0. The molecule has 2 aliphatic heterocycles. The molecule has 0 unspecified atom stereocenters. The Labute approximate surface area is 249 Å². The number of allylic oxidation sites excluding steroid dienone is 1. The zero-order valence-corrected chi connectivity index (χ0v) is 25.3. The van der Waals surface area contributed by atoms with E-state index in [1.165, 1.54) is 16.9 Å². The molecule has 1 N–H and O–H groups in total. The lowest BCUT2D eigenvalue weighted by molar-refractivity contribution is -0.113. The lowest BCUT2D eigenvalue weighted by Crippen LogP contribution is -2.40. The number of amides is 1. The van der Waals surface area contributed by atoms with Crippen molar-refractivity contribution >= 4 is 34.9 Å². The average Bonchev–Trinajstić information content (AvgIpc) is 3.57. The summed E-state index contributed by atoms with van der Waals surface area (Å²) in [7, 11) is 0. The van der Waals surface area contributed by atoms with Crippen LogP contribution in [0.2, 0.25) is 0 Å². The summed E-state index contributed by atoms with van der Waals surface area (Å²) in [6, 6.07) is 20.8. The van der Waals surface area contributed by atoms with Gasteiger partial charge in [0.1, 0.15) is 5.76 Å². The van der Waals surface area contributed by atoms with Crippen molar-refractivity contribution < 1.29 is 9.21 Å². The molecule has 0 bridgehead atoms. The molecule has 6 rings (SSSR count). The second kappa shape index (κ2) is 11.6. The number of nitrogens with one attached hydrogen (secondary N) is 1. The third kappa shape index (κ3) is 5.51. The SMILES string of the molecule is CC1=C(C(=O)Nc2ccccc2)[C@H](c2ccc(C(C)C)cc2)n2c(s/c(=C/c3ccc(N4CCC(C)CC4)o3)c2=O)=N1. The molecule has 1 fully saturated rings. The Balaban J connectivity index is 1.41. The van der Waals surface area contributed by atoms with Crippen molar-refractivity contribution in [3.8, 4) is 0 Å². The maximum absolute atomic E-state index is 14.0. The Morgan fingerprint density at radius 3 is 2.45 bits per heavy atom. The number of carbonyl (C=O) groups is 1. The quantitative estimate of drug-likeness (QED) is 0.311. The van der Waals surface area contributed by atoms with Crippen LogP contribution in [-0.2, 0) is 4.79 Å². The lowest BCUT2D eigenvalue weighted by Gasteiger charge is -2.29. The molecule has 0 saturated carbocycles. The number of para-hydroxylation sites is 1. The van der Waals surface area contributed by atoms with Gasteiger partial charge in [-0.15, -0.1) is 0 Å². The largest absolute Gasteiger partial charge is 0.441 e. The average molecular weight is 581 g/mol. The molecule has 2 aliphatic rings. The lowest BCUT2D eigenvalue weighted by atomic mass is 9.93. The van der Waals surface area contributed by atoms with Crippen molar-refractivity contribution in [2.45, 2.75) is 52.5 Å². The molecular weight excluding hydrogens is 544 g/mol. The second-order valence-corrected chi connectivity index (χ2v) is 12.6. The number of thiazole rings is 1. The highest BCUT2D eigenvalue weighted by atomic mass is 32.1. The summed E-state index contributed by atoms with van der Waals surface area (Å²) in [5.74, 6) is 2.28. The molecule has 2 aromatic heterocycles. The van der Waals surface area contributed by atoms with Crippen molar-refractivity contribution in [2.24, 2.45) is 10.9 Å². The predicted molar refractivity (Wildman–Crippen MR) is 169 cm³/mol. The minimum absolute atomic E-state index is 0.195. The second-order valence-electron chi connectivity index (χ2n) is 11.6. The number of piperidine rings is 1. The number of hydrogen-bond acceptors (Lipinski definition) is 6. The predicted octanol–water partition coefficient (Wildman–Crippen LogP) is 5.83. The highest BCUT2D eigenvalue weighted by Crippen LogP contribution is 2.32. The van der Waals surface area contributed by atoms with Gasteiger partial charge in [0.15, 0.2) is 10.7 Å². The molecule has 2 aromatic carbocycles. The Morgan fingerprint density at radius 2 is 1.76 bits per heavy atom. The summed E-state index contributed by atoms with van der Waals surface area (Å²) in [5.41, 5.74) is 3.59. The van der Waals surface area contributed by atoms with Crippen molar-refractivity contribution in [1.29, 1.82) is 0 Å². The van der Waals surface area contributed by atoms with E-state index in [0.717, 1.165) is 43.3 Å². The molecule has 1 amide bonds. The Bertz CT molecular complexity index is 1800. The number of carbonyl (C=O) groups excluding carboxylic acids is 1. The molecule has 1 saturated heterocycles. The fourth-order valence-corrected chi connectivity index (χ4v) is 6.68. The summed E-state index contributed by atoms with van der Waals surface area (Å²) < 4.78 is 8.34. The first-order valence-corrected chi connectivity index (χ1v) is 15.4. The third-order valence-corrected chi connectivity index (χ3v) is 9.18. The van der Waals surface area contributed by atoms with E-state index in [2.05, 4.69) is 43.1 Å². The summed E-state index contributed by atoms with van der Waals surface area (Å²) in [5, 5.41) is 3.01. The normalized spacial score (nSPS) is 17.9. The summed E-state index contributed by atoms with van der Waals surface area (Å²) >= 11 is 1.32. The van der Waals surface area contributed by atoms with Crippen LogP contribution in [0.4, 0.5) is 11.6 Å². The molecule has 7 nitrogen and oxygen atoms in total. The molecule has 8 heteroatoms. The molecule has 4 aromatic rings. The van der Waals surface area contributed by atoms with Crippen LogP contribution in [0.25, 0.3) is 6.08 Å². The highest BCUT2D eigenvalue weighted by Gasteiger charge is 2.32. The van der Waals surface area contributed by atoms with Crippen molar-refractivity contribution in [1.82, 2.24) is 4.57 Å². The molecule has 1 atom stereocenters. The maximum Gasteiger partial charge on any atom is 0.271 e. The van der Waals surface area contributed by atoms with Gasteiger partial charge in [0.2, 0.25) is 0 Å². The van der Waals surface area contributed by atoms with Gasteiger partial charge in [-0.05, 0) is 60.9 Å². The molecule has 0 aliphatic carbocycles. The molecule has 0 spiro atoms. The van der Waals surface area contributed by atoms with E-state index >= 15 is 0 Å². The van der Waals surface area contributed by atoms with E-state index in [0.29, 0.717) is 38.0 Å². The monoisotopic (exact) mass is 580 g/mol. The van der Waals surface area contributed by atoms with Gasteiger partial charge < -0.3 is 14.6 Å². The minimum Gasteiger partial charge on any atom is -0.441 e. The van der Waals surface area contributed by atoms with Gasteiger partial charge in [-0.1, -0.05) is 74.6 Å². The van der Waals surface area contributed by atoms with Crippen LogP contribution in [0.15, 0.2) is 92.2 Å². The Hall–Kier alpha value is -4.17. The number of rotatable bonds is 6. The first kappa shape index (κ1) is 28.0. The van der Waals surface area contributed by atoms with Crippen LogP contribution in [-0.4, -0.2) is 23.6 Å². The van der Waals surface area contributed by atoms with E-state index in [1.807, 2.05) is 61.5 Å². The van der Waals surface area contributed by atoms with Crippen LogP contribution >= 0.6 is 11.3 Å². The van der Waals surface area contributed by atoms with Crippen LogP contribution in [0.5, 0.6) is 0 Å². The third-order valence-electron chi connectivity index (χ3n) is 8.20. The number of benzene rings is 2. The van der Waals surface area contributed by atoms with Crippen LogP contribution in [0, 0.1) is 5.92 Å². The van der Waals surface area contributed by atoms with Crippen LogP contribution in [0.1, 0.15) is 69.4 Å². The molecule has 0 radical (unpaired) electrons. The molecule has 216 valence electrons. The van der Waals surface area contributed by atoms with Gasteiger partial charge in [0.25, 0.3) is 11.5 Å². The number of nitrogens with zero attached hydrogens (tertiary/aromatic N) is 3. The van der Waals surface area contributed by atoms with Gasteiger partial charge in [0, 0.05) is 30.9 Å². The number of fused-ring (bicyclic) bond motifs is 1. The number of furan rings is 1. The number of hydrogen-bond donors (Lipinski definition) is 1. The topological polar surface area (TPSA) is 79.8 Å². The van der Waals surface area contributed by atoms with Gasteiger partial charge in [-0.2, -0.15) is 0 Å². The van der Waals surface area contributed by atoms with E-state index in [4.69, 9.17) is 9.41 Å². The first-order valence-electron chi connectivity index (χ1n) is 14.6. The van der Waals surface area contributed by atoms with E-state index in [1.54, 1.807) is 10.6 Å². The molecule has 42 heavy (non-hydrogen) atoms.